The molecule has 1 aliphatic carbocycles. The number of nitrogens with zero attached hydrogens (tertiary/aromatic N) is 2. The highest BCUT2D eigenvalue weighted by Crippen LogP contribution is 2.36. The monoisotopic (exact) mass is 337 g/mol. The molecule has 1 atom stereocenters. The van der Waals surface area contributed by atoms with Gasteiger partial charge in [-0.3, -0.25) is 9.59 Å². The topological polar surface area (TPSA) is 66.1 Å². The van der Waals surface area contributed by atoms with Crippen molar-refractivity contribution in [3.63, 3.8) is 0 Å². The minimum atomic E-state index is -4.50. The van der Waals surface area contributed by atoms with E-state index in [1.807, 2.05) is 0 Å². The summed E-state index contributed by atoms with van der Waals surface area (Å²) in [6.45, 7) is 0.455. The Balaban J connectivity index is 1.74. The lowest BCUT2D eigenvalue weighted by Gasteiger charge is -2.15. The molecular formula is C16H14F3N3O2. The summed E-state index contributed by atoms with van der Waals surface area (Å²) in [5.74, 6) is 0.00218. The smallest absolute Gasteiger partial charge is 0.339 e. The van der Waals surface area contributed by atoms with Crippen LogP contribution in [0.1, 0.15) is 36.6 Å². The molecule has 8 heteroatoms. The molecule has 2 heterocycles. The standard InChI is InChI=1S/C16H14F3N3O2/c17-16(18,19)9-1-4-11-12(6-9)20-14(21-15(11)24)8-5-13(23)22(7-8)10-2-3-10/h1,4,6,8,10H,2-3,5,7H2,(H,20,21,24). The first-order valence-corrected chi connectivity index (χ1v) is 7.73. The Morgan fingerprint density at radius 3 is 2.62 bits per heavy atom. The molecule has 126 valence electrons. The van der Waals surface area contributed by atoms with E-state index in [0.29, 0.717) is 6.54 Å². The largest absolute Gasteiger partial charge is 0.416 e. The van der Waals surface area contributed by atoms with Gasteiger partial charge < -0.3 is 9.88 Å². The first-order valence-electron chi connectivity index (χ1n) is 7.73. The number of halogens is 3. The van der Waals surface area contributed by atoms with Gasteiger partial charge in [0.2, 0.25) is 5.91 Å². The van der Waals surface area contributed by atoms with Gasteiger partial charge in [-0.15, -0.1) is 0 Å². The zero-order valence-electron chi connectivity index (χ0n) is 12.6. The Morgan fingerprint density at radius 2 is 1.96 bits per heavy atom. The van der Waals surface area contributed by atoms with Gasteiger partial charge >= 0.3 is 6.18 Å². The number of fused-ring (bicyclic) bond motifs is 1. The minimum Gasteiger partial charge on any atom is -0.339 e. The van der Waals surface area contributed by atoms with Crippen LogP contribution in [-0.2, 0) is 11.0 Å². The number of aromatic nitrogens is 2. The number of carbonyl (C=O) groups is 1. The van der Waals surface area contributed by atoms with E-state index in [4.69, 9.17) is 0 Å². The molecule has 1 saturated carbocycles. The van der Waals surface area contributed by atoms with Crippen LogP contribution in [0.4, 0.5) is 13.2 Å². The zero-order chi connectivity index (χ0) is 17.1. The van der Waals surface area contributed by atoms with Gasteiger partial charge in [-0.25, -0.2) is 4.98 Å². The van der Waals surface area contributed by atoms with Gasteiger partial charge in [-0.05, 0) is 31.0 Å². The van der Waals surface area contributed by atoms with Crippen LogP contribution in [0.25, 0.3) is 10.9 Å². The van der Waals surface area contributed by atoms with E-state index >= 15 is 0 Å². The summed E-state index contributed by atoms with van der Waals surface area (Å²) in [7, 11) is 0. The van der Waals surface area contributed by atoms with E-state index in [-0.39, 0.29) is 41.0 Å². The number of H-pyrrole nitrogens is 1. The molecule has 1 aromatic carbocycles. The Kier molecular flexibility index (Phi) is 3.20. The van der Waals surface area contributed by atoms with Crippen LogP contribution in [0.5, 0.6) is 0 Å². The van der Waals surface area contributed by atoms with Gasteiger partial charge in [-0.1, -0.05) is 0 Å². The molecule has 2 aliphatic rings. The maximum Gasteiger partial charge on any atom is 0.416 e. The average molecular weight is 337 g/mol. The Morgan fingerprint density at radius 1 is 1.21 bits per heavy atom. The molecule has 1 aromatic heterocycles. The predicted octanol–water partition coefficient (Wildman–Crippen LogP) is 2.42. The summed E-state index contributed by atoms with van der Waals surface area (Å²) < 4.78 is 38.6. The maximum atomic E-state index is 12.9. The normalized spacial score (nSPS) is 21.7. The van der Waals surface area contributed by atoms with Gasteiger partial charge in [-0.2, -0.15) is 13.2 Å². The molecule has 2 fully saturated rings. The third-order valence-electron chi connectivity index (χ3n) is 4.58. The Hall–Kier alpha value is -2.38. The molecule has 0 radical (unpaired) electrons. The number of hydrogen-bond acceptors (Lipinski definition) is 3. The maximum absolute atomic E-state index is 12.9. The van der Waals surface area contributed by atoms with E-state index in [0.717, 1.165) is 31.0 Å². The van der Waals surface area contributed by atoms with Crippen LogP contribution in [0, 0.1) is 0 Å². The van der Waals surface area contributed by atoms with Crippen LogP contribution in [0.3, 0.4) is 0 Å². The van der Waals surface area contributed by atoms with Crippen molar-refractivity contribution in [2.75, 3.05) is 6.54 Å². The lowest BCUT2D eigenvalue weighted by atomic mass is 10.1. The predicted molar refractivity (Wildman–Crippen MR) is 79.5 cm³/mol. The number of nitrogens with one attached hydrogen (secondary N) is 1. The number of carbonyl (C=O) groups excluding carboxylic acids is 1. The highest BCUT2D eigenvalue weighted by atomic mass is 19.4. The van der Waals surface area contributed by atoms with Crippen molar-refractivity contribution < 1.29 is 18.0 Å². The summed E-state index contributed by atoms with van der Waals surface area (Å²) in [5.41, 5.74) is -1.33. The Bertz CT molecular complexity index is 886. The number of alkyl halides is 3. The second-order valence-corrected chi connectivity index (χ2v) is 6.36. The van der Waals surface area contributed by atoms with Gasteiger partial charge in [0.05, 0.1) is 16.5 Å². The van der Waals surface area contributed by atoms with Gasteiger partial charge in [0.25, 0.3) is 5.56 Å². The number of likely N-dealkylation sites (tertiary alicyclic amines) is 1. The van der Waals surface area contributed by atoms with Crippen molar-refractivity contribution in [2.45, 2.75) is 37.4 Å². The van der Waals surface area contributed by atoms with E-state index in [9.17, 15) is 22.8 Å². The number of aromatic amines is 1. The van der Waals surface area contributed by atoms with Crippen LogP contribution in [0.15, 0.2) is 23.0 Å². The molecule has 1 unspecified atom stereocenters. The van der Waals surface area contributed by atoms with Crippen molar-refractivity contribution in [1.82, 2.24) is 14.9 Å². The van der Waals surface area contributed by atoms with Crippen LogP contribution < -0.4 is 5.56 Å². The lowest BCUT2D eigenvalue weighted by Crippen LogP contribution is -2.27. The first kappa shape index (κ1) is 15.2. The molecule has 2 aromatic rings. The SMILES string of the molecule is O=C1CC(c2nc3cc(C(F)(F)F)ccc3c(=O)[nH]2)CN1C1CC1. The van der Waals surface area contributed by atoms with Crippen LogP contribution in [-0.4, -0.2) is 33.4 Å². The highest BCUT2D eigenvalue weighted by Gasteiger charge is 2.40. The molecule has 1 aliphatic heterocycles. The second kappa shape index (κ2) is 5.06. The van der Waals surface area contributed by atoms with Crippen molar-refractivity contribution in [2.24, 2.45) is 0 Å². The number of benzene rings is 1. The molecule has 24 heavy (non-hydrogen) atoms. The summed E-state index contributed by atoms with van der Waals surface area (Å²) >= 11 is 0. The molecule has 1 saturated heterocycles. The zero-order valence-corrected chi connectivity index (χ0v) is 12.6. The Labute approximate surface area is 134 Å². The number of amides is 1. The highest BCUT2D eigenvalue weighted by molar-refractivity contribution is 5.81. The fourth-order valence-electron chi connectivity index (χ4n) is 3.18. The molecule has 1 amide bonds. The number of hydrogen-bond donors (Lipinski definition) is 1. The quantitative estimate of drug-likeness (QED) is 0.915. The molecular weight excluding hydrogens is 323 g/mol. The summed E-state index contributed by atoms with van der Waals surface area (Å²) in [5, 5.41) is 0.107. The van der Waals surface area contributed by atoms with Gasteiger partial charge in [0.1, 0.15) is 5.82 Å². The summed E-state index contributed by atoms with van der Waals surface area (Å²) in [4.78, 5) is 32.8. The van der Waals surface area contributed by atoms with Crippen molar-refractivity contribution in [3.8, 4) is 0 Å². The van der Waals surface area contributed by atoms with E-state index in [2.05, 4.69) is 9.97 Å². The van der Waals surface area contributed by atoms with Crippen molar-refractivity contribution in [1.29, 1.82) is 0 Å². The molecule has 0 bridgehead atoms. The summed E-state index contributed by atoms with van der Waals surface area (Å²) in [6, 6.07) is 3.15. The van der Waals surface area contributed by atoms with Gasteiger partial charge in [0, 0.05) is 24.9 Å². The van der Waals surface area contributed by atoms with Crippen molar-refractivity contribution >= 4 is 16.8 Å². The number of rotatable bonds is 2. The fourth-order valence-corrected chi connectivity index (χ4v) is 3.18. The molecule has 0 spiro atoms. The van der Waals surface area contributed by atoms with E-state index < -0.39 is 17.3 Å². The third kappa shape index (κ3) is 2.55. The first-order chi connectivity index (χ1) is 11.3. The molecule has 1 N–H and O–H groups in total. The van der Waals surface area contributed by atoms with Crippen LogP contribution >= 0.6 is 0 Å². The third-order valence-corrected chi connectivity index (χ3v) is 4.58. The lowest BCUT2D eigenvalue weighted by molar-refractivity contribution is -0.137. The minimum absolute atomic E-state index is 0.000830. The van der Waals surface area contributed by atoms with E-state index in [1.165, 1.54) is 0 Å². The van der Waals surface area contributed by atoms with Crippen LogP contribution in [0.2, 0.25) is 0 Å². The molecule has 5 nitrogen and oxygen atoms in total. The molecule has 4 rings (SSSR count). The van der Waals surface area contributed by atoms with E-state index in [1.54, 1.807) is 4.90 Å². The average Bonchev–Trinajstić information content (AvgIpc) is 3.28. The van der Waals surface area contributed by atoms with Gasteiger partial charge in [0.15, 0.2) is 0 Å². The van der Waals surface area contributed by atoms with Crippen molar-refractivity contribution in [3.05, 3.63) is 39.9 Å². The second-order valence-electron chi connectivity index (χ2n) is 6.36. The summed E-state index contributed by atoms with van der Waals surface area (Å²) in [6.07, 6.45) is -2.31. The fraction of sp³-hybridized carbons (Fsp3) is 0.438.